The van der Waals surface area contributed by atoms with Crippen molar-refractivity contribution in [2.75, 3.05) is 13.1 Å². The smallest absolute Gasteiger partial charge is 0.263 e. The van der Waals surface area contributed by atoms with Crippen LogP contribution in [0, 0.1) is 6.92 Å². The molecule has 3 rings (SSSR count). The number of hydrogen-bond donors (Lipinski definition) is 1. The van der Waals surface area contributed by atoms with Crippen LogP contribution >= 0.6 is 11.3 Å². The van der Waals surface area contributed by atoms with E-state index in [0.29, 0.717) is 18.8 Å². The molecule has 9 heteroatoms. The van der Waals surface area contributed by atoms with Gasteiger partial charge in [-0.2, -0.15) is 4.31 Å². The first kappa shape index (κ1) is 17.1. The number of aryl methyl sites for hydroxylation is 1. The van der Waals surface area contributed by atoms with E-state index >= 15 is 0 Å². The standard InChI is InChI=1S/C15H19N3O4S2/c1-11-9-12(22-17-11)10-16-15(19)14-13(5-8-23-14)24(20,21)18-6-3-2-4-7-18/h5,8-9H,2-4,6-7,10H2,1H3,(H,16,19). The number of rotatable bonds is 5. The highest BCUT2D eigenvalue weighted by atomic mass is 32.2. The summed E-state index contributed by atoms with van der Waals surface area (Å²) in [5, 5.41) is 8.06. The first-order valence-electron chi connectivity index (χ1n) is 7.76. The molecule has 1 amide bonds. The second-order valence-electron chi connectivity index (χ2n) is 5.70. The van der Waals surface area contributed by atoms with Crippen molar-refractivity contribution in [2.45, 2.75) is 37.6 Å². The van der Waals surface area contributed by atoms with Gasteiger partial charge in [0.1, 0.15) is 9.77 Å². The van der Waals surface area contributed by atoms with Gasteiger partial charge in [0.25, 0.3) is 5.91 Å². The second-order valence-corrected chi connectivity index (χ2v) is 8.52. The van der Waals surface area contributed by atoms with Gasteiger partial charge in [-0.05, 0) is 31.2 Å². The Bertz CT molecular complexity index is 819. The van der Waals surface area contributed by atoms with Gasteiger partial charge in [-0.1, -0.05) is 11.6 Å². The minimum Gasteiger partial charge on any atom is -0.359 e. The monoisotopic (exact) mass is 369 g/mol. The molecule has 0 unspecified atom stereocenters. The SMILES string of the molecule is Cc1cc(CNC(=O)c2sccc2S(=O)(=O)N2CCCCC2)on1. The normalized spacial score (nSPS) is 16.2. The number of aromatic nitrogens is 1. The first-order valence-corrected chi connectivity index (χ1v) is 10.1. The van der Waals surface area contributed by atoms with Crippen molar-refractivity contribution >= 4 is 27.3 Å². The summed E-state index contributed by atoms with van der Waals surface area (Å²) in [5.41, 5.74) is 0.726. The van der Waals surface area contributed by atoms with Gasteiger partial charge >= 0.3 is 0 Å². The van der Waals surface area contributed by atoms with Crippen molar-refractivity contribution in [1.29, 1.82) is 0 Å². The van der Waals surface area contributed by atoms with Gasteiger partial charge in [-0.15, -0.1) is 11.3 Å². The zero-order valence-corrected chi connectivity index (χ0v) is 15.0. The van der Waals surface area contributed by atoms with Crippen LogP contribution in [0.25, 0.3) is 0 Å². The van der Waals surface area contributed by atoms with Crippen molar-refractivity contribution < 1.29 is 17.7 Å². The Balaban J connectivity index is 1.75. The van der Waals surface area contributed by atoms with Crippen LogP contribution in [-0.4, -0.2) is 36.9 Å². The third-order valence-corrected chi connectivity index (χ3v) is 6.85. The predicted octanol–water partition coefficient (Wildman–Crippen LogP) is 2.15. The van der Waals surface area contributed by atoms with E-state index in [9.17, 15) is 13.2 Å². The molecule has 1 saturated heterocycles. The fraction of sp³-hybridized carbons (Fsp3) is 0.467. The van der Waals surface area contributed by atoms with E-state index in [4.69, 9.17) is 4.52 Å². The van der Waals surface area contributed by atoms with E-state index in [0.717, 1.165) is 36.3 Å². The van der Waals surface area contributed by atoms with E-state index in [1.54, 1.807) is 18.4 Å². The fourth-order valence-electron chi connectivity index (χ4n) is 2.66. The van der Waals surface area contributed by atoms with Crippen LogP contribution in [-0.2, 0) is 16.6 Å². The minimum absolute atomic E-state index is 0.0839. The van der Waals surface area contributed by atoms with E-state index in [1.807, 2.05) is 0 Å². The average Bonchev–Trinajstić information content (AvgIpc) is 3.23. The maximum absolute atomic E-state index is 12.8. The number of piperidine rings is 1. The fourth-order valence-corrected chi connectivity index (χ4v) is 5.49. The molecule has 24 heavy (non-hydrogen) atoms. The Kier molecular flexibility index (Phi) is 5.02. The van der Waals surface area contributed by atoms with Crippen LogP contribution < -0.4 is 5.32 Å². The van der Waals surface area contributed by atoms with Crippen LogP contribution in [0.3, 0.4) is 0 Å². The quantitative estimate of drug-likeness (QED) is 0.872. The van der Waals surface area contributed by atoms with Crippen molar-refractivity contribution in [2.24, 2.45) is 0 Å². The minimum atomic E-state index is -3.63. The van der Waals surface area contributed by atoms with Gasteiger partial charge in [-0.3, -0.25) is 4.79 Å². The number of carbonyl (C=O) groups is 1. The molecule has 0 aromatic carbocycles. The van der Waals surface area contributed by atoms with Crippen molar-refractivity contribution in [1.82, 2.24) is 14.8 Å². The van der Waals surface area contributed by atoms with Crippen LogP contribution in [0.4, 0.5) is 0 Å². The Morgan fingerprint density at radius 1 is 1.38 bits per heavy atom. The van der Waals surface area contributed by atoms with Gasteiger partial charge in [0, 0.05) is 19.2 Å². The highest BCUT2D eigenvalue weighted by molar-refractivity contribution is 7.89. The van der Waals surface area contributed by atoms with Crippen LogP contribution in [0.15, 0.2) is 26.9 Å². The second kappa shape index (κ2) is 7.04. The number of hydrogen-bond acceptors (Lipinski definition) is 6. The summed E-state index contributed by atoms with van der Waals surface area (Å²) in [6.45, 7) is 2.98. The molecular weight excluding hydrogens is 350 g/mol. The molecule has 0 saturated carbocycles. The first-order chi connectivity index (χ1) is 11.5. The van der Waals surface area contributed by atoms with Crippen molar-refractivity contribution in [3.05, 3.63) is 33.8 Å². The Hall–Kier alpha value is -1.71. The van der Waals surface area contributed by atoms with E-state index in [-0.39, 0.29) is 16.3 Å². The van der Waals surface area contributed by atoms with E-state index in [2.05, 4.69) is 10.5 Å². The number of carbonyl (C=O) groups excluding carboxylic acids is 1. The third kappa shape index (κ3) is 3.52. The molecule has 3 heterocycles. The molecule has 2 aromatic rings. The summed E-state index contributed by atoms with van der Waals surface area (Å²) < 4.78 is 32.1. The number of thiophene rings is 1. The summed E-state index contributed by atoms with van der Waals surface area (Å²) in [4.78, 5) is 12.7. The lowest BCUT2D eigenvalue weighted by molar-refractivity contribution is 0.0948. The molecule has 1 N–H and O–H groups in total. The summed E-state index contributed by atoms with van der Waals surface area (Å²) in [6, 6.07) is 3.22. The van der Waals surface area contributed by atoms with Crippen LogP contribution in [0.2, 0.25) is 0 Å². The zero-order valence-electron chi connectivity index (χ0n) is 13.3. The maximum atomic E-state index is 12.8. The molecule has 1 aliphatic rings. The number of amides is 1. The summed E-state index contributed by atoms with van der Waals surface area (Å²) in [5.74, 6) is 0.104. The molecule has 0 spiro atoms. The molecule has 2 aromatic heterocycles. The van der Waals surface area contributed by atoms with Gasteiger partial charge in [0.2, 0.25) is 10.0 Å². The largest absolute Gasteiger partial charge is 0.359 e. The maximum Gasteiger partial charge on any atom is 0.263 e. The number of nitrogens with one attached hydrogen (secondary N) is 1. The van der Waals surface area contributed by atoms with Gasteiger partial charge in [0.15, 0.2) is 5.76 Å². The van der Waals surface area contributed by atoms with Crippen LogP contribution in [0.1, 0.15) is 40.4 Å². The van der Waals surface area contributed by atoms with Gasteiger partial charge < -0.3 is 9.84 Å². The number of sulfonamides is 1. The van der Waals surface area contributed by atoms with Crippen molar-refractivity contribution in [3.63, 3.8) is 0 Å². The molecular formula is C15H19N3O4S2. The van der Waals surface area contributed by atoms with Gasteiger partial charge in [0.05, 0.1) is 12.2 Å². The Morgan fingerprint density at radius 2 is 2.12 bits per heavy atom. The molecule has 130 valence electrons. The summed E-state index contributed by atoms with van der Waals surface area (Å²) in [7, 11) is -3.63. The Labute approximate surface area is 144 Å². The van der Waals surface area contributed by atoms with E-state index in [1.165, 1.54) is 10.4 Å². The number of nitrogens with zero attached hydrogens (tertiary/aromatic N) is 2. The lowest BCUT2D eigenvalue weighted by Gasteiger charge is -2.25. The topological polar surface area (TPSA) is 92.5 Å². The highest BCUT2D eigenvalue weighted by Gasteiger charge is 2.30. The molecule has 0 radical (unpaired) electrons. The third-order valence-electron chi connectivity index (χ3n) is 3.87. The highest BCUT2D eigenvalue weighted by Crippen LogP contribution is 2.27. The molecule has 0 bridgehead atoms. The predicted molar refractivity (Wildman–Crippen MR) is 89.3 cm³/mol. The Morgan fingerprint density at radius 3 is 2.79 bits per heavy atom. The lowest BCUT2D eigenvalue weighted by atomic mass is 10.2. The molecule has 1 fully saturated rings. The lowest BCUT2D eigenvalue weighted by Crippen LogP contribution is -2.36. The molecule has 1 aliphatic heterocycles. The van der Waals surface area contributed by atoms with Crippen molar-refractivity contribution in [3.8, 4) is 0 Å². The average molecular weight is 369 g/mol. The molecule has 0 atom stereocenters. The van der Waals surface area contributed by atoms with Crippen LogP contribution in [0.5, 0.6) is 0 Å². The zero-order chi connectivity index (χ0) is 17.2. The summed E-state index contributed by atoms with van der Waals surface area (Å²) in [6.07, 6.45) is 2.76. The molecule has 0 aliphatic carbocycles. The van der Waals surface area contributed by atoms with E-state index < -0.39 is 15.9 Å². The summed E-state index contributed by atoms with van der Waals surface area (Å²) >= 11 is 1.12. The molecule has 7 nitrogen and oxygen atoms in total. The van der Waals surface area contributed by atoms with Gasteiger partial charge in [-0.25, -0.2) is 8.42 Å².